The first-order chi connectivity index (χ1) is 10.0. The van der Waals surface area contributed by atoms with E-state index >= 15 is 0 Å². The third-order valence-electron chi connectivity index (χ3n) is 2.76. The number of anilines is 1. The molecule has 1 amide bonds. The molecular formula is C14H13NO6. The van der Waals surface area contributed by atoms with Gasteiger partial charge in [-0.25, -0.2) is 4.79 Å². The average molecular weight is 291 g/mol. The Kier molecular flexibility index (Phi) is 4.32. The predicted molar refractivity (Wildman–Crippen MR) is 71.2 cm³/mol. The van der Waals surface area contributed by atoms with Gasteiger partial charge in [-0.1, -0.05) is 0 Å². The monoisotopic (exact) mass is 291 g/mol. The second-order valence-electron chi connectivity index (χ2n) is 4.29. The van der Waals surface area contributed by atoms with Crippen LogP contribution in [0.1, 0.15) is 23.7 Å². The van der Waals surface area contributed by atoms with Crippen LogP contribution in [0.15, 0.2) is 18.2 Å². The van der Waals surface area contributed by atoms with Crippen LogP contribution in [-0.2, 0) is 19.1 Å². The van der Waals surface area contributed by atoms with Gasteiger partial charge in [-0.15, -0.1) is 0 Å². The number of carbonyl (C=O) groups excluding carboxylic acids is 4. The van der Waals surface area contributed by atoms with Gasteiger partial charge < -0.3 is 14.8 Å². The number of fused-ring (bicyclic) bond motifs is 1. The molecule has 1 aromatic carbocycles. The Bertz CT molecular complexity index is 622. The van der Waals surface area contributed by atoms with Crippen molar-refractivity contribution < 1.29 is 28.7 Å². The van der Waals surface area contributed by atoms with Crippen molar-refractivity contribution in [3.05, 3.63) is 23.8 Å². The van der Waals surface area contributed by atoms with Crippen molar-refractivity contribution >= 4 is 29.1 Å². The van der Waals surface area contributed by atoms with E-state index in [1.165, 1.54) is 18.2 Å². The van der Waals surface area contributed by atoms with E-state index in [1.807, 2.05) is 0 Å². The molecule has 0 fully saturated rings. The number of esters is 1. The normalized spacial score (nSPS) is 12.7. The zero-order valence-electron chi connectivity index (χ0n) is 11.3. The minimum atomic E-state index is -1.03. The fourth-order valence-electron chi connectivity index (χ4n) is 1.79. The maximum Gasteiger partial charge on any atom is 0.375 e. The van der Waals surface area contributed by atoms with Crippen molar-refractivity contribution in [1.29, 1.82) is 0 Å². The fourth-order valence-corrected chi connectivity index (χ4v) is 1.79. The van der Waals surface area contributed by atoms with Crippen molar-refractivity contribution in [2.75, 3.05) is 18.5 Å². The summed E-state index contributed by atoms with van der Waals surface area (Å²) in [6, 6.07) is 4.40. The molecule has 1 aliphatic rings. The number of ether oxygens (including phenoxy) is 2. The lowest BCUT2D eigenvalue weighted by molar-refractivity contribution is -0.153. The van der Waals surface area contributed by atoms with Crippen molar-refractivity contribution in [3.8, 4) is 5.75 Å². The van der Waals surface area contributed by atoms with E-state index < -0.39 is 24.0 Å². The summed E-state index contributed by atoms with van der Waals surface area (Å²) in [7, 11) is 0. The standard InChI is InChI=1S/C14H13NO6/c1-2-20-14(19)11(17)6-10(16)8-3-4-12-9(5-8)15-13(18)7-21-12/h3-5H,2,6-7H2,1H3,(H,15,18). The van der Waals surface area contributed by atoms with Gasteiger partial charge in [0.05, 0.1) is 18.7 Å². The van der Waals surface area contributed by atoms with Crippen molar-refractivity contribution in [2.45, 2.75) is 13.3 Å². The zero-order chi connectivity index (χ0) is 15.4. The van der Waals surface area contributed by atoms with Crippen LogP contribution < -0.4 is 10.1 Å². The fraction of sp³-hybridized carbons (Fsp3) is 0.286. The van der Waals surface area contributed by atoms with Crippen molar-refractivity contribution in [1.82, 2.24) is 0 Å². The molecule has 0 saturated heterocycles. The van der Waals surface area contributed by atoms with E-state index in [0.29, 0.717) is 11.4 Å². The molecule has 7 nitrogen and oxygen atoms in total. The molecule has 7 heteroatoms. The van der Waals surface area contributed by atoms with Crippen LogP contribution in [0.3, 0.4) is 0 Å². The molecule has 21 heavy (non-hydrogen) atoms. The van der Waals surface area contributed by atoms with Crippen LogP contribution in [0.2, 0.25) is 0 Å². The molecule has 2 rings (SSSR count). The van der Waals surface area contributed by atoms with E-state index in [0.717, 1.165) is 0 Å². The molecule has 0 aliphatic carbocycles. The van der Waals surface area contributed by atoms with Crippen LogP contribution in [0.25, 0.3) is 0 Å². The summed E-state index contributed by atoms with van der Waals surface area (Å²) >= 11 is 0. The Morgan fingerprint density at radius 1 is 1.33 bits per heavy atom. The van der Waals surface area contributed by atoms with Crippen LogP contribution in [0.5, 0.6) is 5.75 Å². The van der Waals surface area contributed by atoms with Gasteiger partial charge in [0.25, 0.3) is 5.91 Å². The van der Waals surface area contributed by atoms with Gasteiger partial charge in [-0.05, 0) is 25.1 Å². The number of amides is 1. The van der Waals surface area contributed by atoms with Crippen LogP contribution >= 0.6 is 0 Å². The number of rotatable bonds is 5. The predicted octanol–water partition coefficient (Wildman–Crippen LogP) is 0.722. The van der Waals surface area contributed by atoms with E-state index in [-0.39, 0.29) is 24.7 Å². The first-order valence-electron chi connectivity index (χ1n) is 6.31. The second kappa shape index (κ2) is 6.17. The molecule has 0 atom stereocenters. The zero-order valence-corrected chi connectivity index (χ0v) is 11.3. The van der Waals surface area contributed by atoms with Gasteiger partial charge >= 0.3 is 5.97 Å². The lowest BCUT2D eigenvalue weighted by Gasteiger charge is -2.18. The molecule has 0 spiro atoms. The smallest absolute Gasteiger partial charge is 0.375 e. The molecule has 0 radical (unpaired) electrons. The number of nitrogens with one attached hydrogen (secondary N) is 1. The van der Waals surface area contributed by atoms with Crippen LogP contribution in [-0.4, -0.2) is 36.7 Å². The summed E-state index contributed by atoms with van der Waals surface area (Å²) in [6.45, 7) is 1.56. The number of carbonyl (C=O) groups is 4. The molecule has 0 aromatic heterocycles. The van der Waals surface area contributed by atoms with Gasteiger partial charge in [0.2, 0.25) is 5.78 Å². The average Bonchev–Trinajstić information content (AvgIpc) is 2.46. The van der Waals surface area contributed by atoms with Gasteiger partial charge in [-0.2, -0.15) is 0 Å². The minimum absolute atomic E-state index is 0.0704. The molecule has 1 aromatic rings. The van der Waals surface area contributed by atoms with Crippen molar-refractivity contribution in [2.24, 2.45) is 0 Å². The van der Waals surface area contributed by atoms with Gasteiger partial charge in [0.15, 0.2) is 12.4 Å². The number of hydrogen-bond donors (Lipinski definition) is 1. The molecule has 1 aliphatic heterocycles. The van der Waals surface area contributed by atoms with Crippen LogP contribution in [0.4, 0.5) is 5.69 Å². The van der Waals surface area contributed by atoms with E-state index in [4.69, 9.17) is 4.74 Å². The summed E-state index contributed by atoms with van der Waals surface area (Å²) in [5.74, 6) is -2.34. The number of hydrogen-bond acceptors (Lipinski definition) is 6. The maximum atomic E-state index is 11.9. The summed E-state index contributed by atoms with van der Waals surface area (Å²) in [6.07, 6.45) is -0.577. The largest absolute Gasteiger partial charge is 0.482 e. The molecule has 0 unspecified atom stereocenters. The van der Waals surface area contributed by atoms with Gasteiger partial charge in [0, 0.05) is 5.56 Å². The topological polar surface area (TPSA) is 98.8 Å². The third kappa shape index (κ3) is 3.44. The highest BCUT2D eigenvalue weighted by Crippen LogP contribution is 2.28. The van der Waals surface area contributed by atoms with E-state index in [1.54, 1.807) is 6.92 Å². The second-order valence-corrected chi connectivity index (χ2v) is 4.29. The van der Waals surface area contributed by atoms with Crippen LogP contribution in [0, 0.1) is 0 Å². The molecule has 1 heterocycles. The highest BCUT2D eigenvalue weighted by Gasteiger charge is 2.22. The Balaban J connectivity index is 2.10. The van der Waals surface area contributed by atoms with E-state index in [9.17, 15) is 19.2 Å². The number of benzene rings is 1. The first kappa shape index (κ1) is 14.7. The molecule has 0 bridgehead atoms. The Morgan fingerprint density at radius 2 is 2.10 bits per heavy atom. The number of ketones is 2. The highest BCUT2D eigenvalue weighted by molar-refractivity contribution is 6.38. The van der Waals surface area contributed by atoms with E-state index in [2.05, 4.69) is 10.1 Å². The summed E-state index contributed by atoms with van der Waals surface area (Å²) in [5, 5.41) is 2.56. The van der Waals surface area contributed by atoms with Crippen molar-refractivity contribution in [3.63, 3.8) is 0 Å². The third-order valence-corrected chi connectivity index (χ3v) is 2.76. The maximum absolute atomic E-state index is 11.9. The summed E-state index contributed by atoms with van der Waals surface area (Å²) in [4.78, 5) is 45.8. The Hall–Kier alpha value is -2.70. The Labute approximate surface area is 120 Å². The SMILES string of the molecule is CCOC(=O)C(=O)CC(=O)c1ccc2c(c1)NC(=O)CO2. The van der Waals surface area contributed by atoms with Gasteiger partial charge in [0.1, 0.15) is 5.75 Å². The molecule has 0 saturated carbocycles. The quantitative estimate of drug-likeness (QED) is 0.371. The first-order valence-corrected chi connectivity index (χ1v) is 6.31. The molecular weight excluding hydrogens is 278 g/mol. The van der Waals surface area contributed by atoms with Gasteiger partial charge in [-0.3, -0.25) is 14.4 Å². The lowest BCUT2D eigenvalue weighted by Crippen LogP contribution is -2.25. The molecule has 110 valence electrons. The highest BCUT2D eigenvalue weighted by atomic mass is 16.5. The number of Topliss-reactive ketones (excluding diaryl/α,β-unsaturated/α-hetero) is 2. The minimum Gasteiger partial charge on any atom is -0.482 e. The molecule has 1 N–H and O–H groups in total. The summed E-state index contributed by atoms with van der Waals surface area (Å²) in [5.41, 5.74) is 0.567. The summed E-state index contributed by atoms with van der Waals surface area (Å²) < 4.78 is 9.68. The Morgan fingerprint density at radius 3 is 2.81 bits per heavy atom. The lowest BCUT2D eigenvalue weighted by atomic mass is 10.0.